The van der Waals surface area contributed by atoms with Crippen molar-refractivity contribution in [3.63, 3.8) is 0 Å². The molecule has 1 aromatic carbocycles. The summed E-state index contributed by atoms with van der Waals surface area (Å²) in [5, 5.41) is 11.9. The summed E-state index contributed by atoms with van der Waals surface area (Å²) in [5.41, 5.74) is 0.816. The van der Waals surface area contributed by atoms with Crippen LogP contribution in [0.3, 0.4) is 0 Å². The van der Waals surface area contributed by atoms with Gasteiger partial charge in [0.15, 0.2) is 5.82 Å². The molecule has 6 heteroatoms. The second kappa shape index (κ2) is 5.27. The van der Waals surface area contributed by atoms with Gasteiger partial charge in [-0.05, 0) is 19.1 Å². The number of hydrogen-bond acceptors (Lipinski definition) is 4. The highest BCUT2D eigenvalue weighted by Gasteiger charge is 2.06. The number of nitrogens with zero attached hydrogens (tertiary/aromatic N) is 3. The first-order chi connectivity index (χ1) is 8.61. The van der Waals surface area contributed by atoms with Crippen molar-refractivity contribution in [2.45, 2.75) is 13.5 Å². The zero-order chi connectivity index (χ0) is 13.1. The average Bonchev–Trinajstić information content (AvgIpc) is 2.69. The average molecular weight is 267 g/mol. The van der Waals surface area contributed by atoms with Crippen molar-refractivity contribution < 1.29 is 4.74 Å². The third kappa shape index (κ3) is 2.56. The van der Waals surface area contributed by atoms with E-state index < -0.39 is 0 Å². The van der Waals surface area contributed by atoms with Crippen LogP contribution in [0.4, 0.5) is 5.69 Å². The van der Waals surface area contributed by atoms with E-state index in [1.165, 1.54) is 0 Å². The molecule has 1 N–H and O–H groups in total. The molecule has 0 saturated carbocycles. The van der Waals surface area contributed by atoms with Gasteiger partial charge in [-0.2, -0.15) is 0 Å². The molecule has 0 aliphatic rings. The van der Waals surface area contributed by atoms with E-state index in [2.05, 4.69) is 15.5 Å². The smallest absolute Gasteiger partial charge is 0.152 e. The van der Waals surface area contributed by atoms with Gasteiger partial charge >= 0.3 is 0 Å². The van der Waals surface area contributed by atoms with Crippen LogP contribution in [-0.4, -0.2) is 21.9 Å². The second-order valence-corrected chi connectivity index (χ2v) is 4.33. The Morgan fingerprint density at radius 1 is 1.39 bits per heavy atom. The summed E-state index contributed by atoms with van der Waals surface area (Å²) >= 11 is 6.10. The second-order valence-electron chi connectivity index (χ2n) is 3.92. The summed E-state index contributed by atoms with van der Waals surface area (Å²) in [7, 11) is 3.55. The summed E-state index contributed by atoms with van der Waals surface area (Å²) in [6.07, 6.45) is 0. The fourth-order valence-corrected chi connectivity index (χ4v) is 1.73. The van der Waals surface area contributed by atoms with Gasteiger partial charge in [-0.15, -0.1) is 10.2 Å². The third-order valence-corrected chi connectivity index (χ3v) is 3.12. The van der Waals surface area contributed by atoms with E-state index in [1.807, 2.05) is 30.7 Å². The summed E-state index contributed by atoms with van der Waals surface area (Å²) in [6, 6.07) is 5.47. The minimum Gasteiger partial charge on any atom is -0.497 e. The highest BCUT2D eigenvalue weighted by Crippen LogP contribution is 2.26. The number of anilines is 1. The van der Waals surface area contributed by atoms with Crippen LogP contribution in [0, 0.1) is 6.92 Å². The number of benzene rings is 1. The van der Waals surface area contributed by atoms with Crippen molar-refractivity contribution in [1.82, 2.24) is 14.8 Å². The largest absolute Gasteiger partial charge is 0.497 e. The van der Waals surface area contributed by atoms with E-state index in [-0.39, 0.29) is 0 Å². The molecule has 0 aliphatic carbocycles. The van der Waals surface area contributed by atoms with Crippen molar-refractivity contribution in [3.05, 3.63) is 34.9 Å². The van der Waals surface area contributed by atoms with Crippen molar-refractivity contribution >= 4 is 17.3 Å². The van der Waals surface area contributed by atoms with Gasteiger partial charge in [-0.1, -0.05) is 11.6 Å². The van der Waals surface area contributed by atoms with Crippen LogP contribution >= 0.6 is 11.6 Å². The number of halogens is 1. The normalized spacial score (nSPS) is 10.4. The maximum absolute atomic E-state index is 6.10. The van der Waals surface area contributed by atoms with E-state index in [0.29, 0.717) is 11.6 Å². The van der Waals surface area contributed by atoms with Gasteiger partial charge in [0.25, 0.3) is 0 Å². The number of ether oxygens (including phenoxy) is 1. The lowest BCUT2D eigenvalue weighted by atomic mass is 10.3. The number of hydrogen-bond donors (Lipinski definition) is 1. The minimum absolute atomic E-state index is 0.560. The fourth-order valence-electron chi connectivity index (χ4n) is 1.55. The van der Waals surface area contributed by atoms with Crippen molar-refractivity contribution in [2.75, 3.05) is 12.4 Å². The number of aryl methyl sites for hydroxylation is 1. The maximum Gasteiger partial charge on any atom is 0.152 e. The standard InChI is InChI=1S/C12H15ClN4O/c1-8-15-16-12(17(8)2)7-14-11-6-9(18-3)4-5-10(11)13/h4-6,14H,7H2,1-3H3. The molecule has 2 rings (SSSR count). The monoisotopic (exact) mass is 266 g/mol. The van der Waals surface area contributed by atoms with Crippen molar-refractivity contribution in [1.29, 1.82) is 0 Å². The Kier molecular flexibility index (Phi) is 3.72. The molecular weight excluding hydrogens is 252 g/mol. The number of methoxy groups -OCH3 is 1. The van der Waals surface area contributed by atoms with Gasteiger partial charge in [0.1, 0.15) is 11.6 Å². The van der Waals surface area contributed by atoms with E-state index in [4.69, 9.17) is 16.3 Å². The predicted octanol–water partition coefficient (Wildman–Crippen LogP) is 2.40. The van der Waals surface area contributed by atoms with Gasteiger partial charge in [-0.3, -0.25) is 0 Å². The minimum atomic E-state index is 0.560. The van der Waals surface area contributed by atoms with Crippen LogP contribution in [-0.2, 0) is 13.6 Å². The molecular formula is C12H15ClN4O. The van der Waals surface area contributed by atoms with Crippen LogP contribution in [0.25, 0.3) is 0 Å². The molecule has 0 saturated heterocycles. The van der Waals surface area contributed by atoms with Crippen LogP contribution in [0.15, 0.2) is 18.2 Å². The Hall–Kier alpha value is -1.75. The molecule has 18 heavy (non-hydrogen) atoms. The first kappa shape index (κ1) is 12.7. The molecule has 0 bridgehead atoms. The Morgan fingerprint density at radius 3 is 2.78 bits per heavy atom. The molecule has 96 valence electrons. The van der Waals surface area contributed by atoms with Gasteiger partial charge in [0.05, 0.1) is 24.4 Å². The summed E-state index contributed by atoms with van der Waals surface area (Å²) in [5.74, 6) is 2.49. The van der Waals surface area contributed by atoms with E-state index >= 15 is 0 Å². The zero-order valence-corrected chi connectivity index (χ0v) is 11.3. The van der Waals surface area contributed by atoms with E-state index in [1.54, 1.807) is 13.2 Å². The van der Waals surface area contributed by atoms with Crippen LogP contribution in [0.2, 0.25) is 5.02 Å². The molecule has 1 aromatic heterocycles. The lowest BCUT2D eigenvalue weighted by Gasteiger charge is -2.09. The zero-order valence-electron chi connectivity index (χ0n) is 10.6. The lowest BCUT2D eigenvalue weighted by Crippen LogP contribution is -2.07. The Morgan fingerprint density at radius 2 is 2.17 bits per heavy atom. The predicted molar refractivity (Wildman–Crippen MR) is 71.1 cm³/mol. The molecule has 0 unspecified atom stereocenters. The molecule has 0 fully saturated rings. The van der Waals surface area contributed by atoms with Crippen molar-refractivity contribution in [3.8, 4) is 5.75 Å². The molecule has 5 nitrogen and oxygen atoms in total. The summed E-state index contributed by atoms with van der Waals surface area (Å²) in [6.45, 7) is 2.47. The third-order valence-electron chi connectivity index (χ3n) is 2.79. The van der Waals surface area contributed by atoms with Gasteiger partial charge in [0.2, 0.25) is 0 Å². The number of nitrogens with one attached hydrogen (secondary N) is 1. The summed E-state index contributed by atoms with van der Waals surface area (Å²) in [4.78, 5) is 0. The highest BCUT2D eigenvalue weighted by atomic mass is 35.5. The first-order valence-electron chi connectivity index (χ1n) is 5.54. The topological polar surface area (TPSA) is 52.0 Å². The quantitative estimate of drug-likeness (QED) is 0.923. The molecule has 1 heterocycles. The summed E-state index contributed by atoms with van der Waals surface area (Å²) < 4.78 is 7.09. The van der Waals surface area contributed by atoms with Crippen LogP contribution < -0.4 is 10.1 Å². The molecule has 2 aromatic rings. The molecule has 0 spiro atoms. The SMILES string of the molecule is COc1ccc(Cl)c(NCc2nnc(C)n2C)c1. The Balaban J connectivity index is 2.12. The highest BCUT2D eigenvalue weighted by molar-refractivity contribution is 6.33. The van der Waals surface area contributed by atoms with Gasteiger partial charge < -0.3 is 14.6 Å². The molecule has 0 amide bonds. The first-order valence-corrected chi connectivity index (χ1v) is 5.92. The van der Waals surface area contributed by atoms with E-state index in [0.717, 1.165) is 23.1 Å². The van der Waals surface area contributed by atoms with Crippen LogP contribution in [0.5, 0.6) is 5.75 Å². The van der Waals surface area contributed by atoms with E-state index in [9.17, 15) is 0 Å². The van der Waals surface area contributed by atoms with Crippen LogP contribution in [0.1, 0.15) is 11.6 Å². The molecule has 0 atom stereocenters. The van der Waals surface area contributed by atoms with Crippen molar-refractivity contribution in [2.24, 2.45) is 7.05 Å². The number of aromatic nitrogens is 3. The lowest BCUT2D eigenvalue weighted by molar-refractivity contribution is 0.415. The molecule has 0 aliphatic heterocycles. The van der Waals surface area contributed by atoms with Gasteiger partial charge in [-0.25, -0.2) is 0 Å². The number of rotatable bonds is 4. The fraction of sp³-hybridized carbons (Fsp3) is 0.333. The maximum atomic E-state index is 6.10. The Labute approximate surface area is 111 Å². The molecule has 0 radical (unpaired) electrons. The Bertz CT molecular complexity index is 553. The van der Waals surface area contributed by atoms with Gasteiger partial charge in [0, 0.05) is 13.1 Å².